The van der Waals surface area contributed by atoms with Crippen molar-refractivity contribution in [1.82, 2.24) is 20.0 Å². The predicted octanol–water partition coefficient (Wildman–Crippen LogP) is 1.28. The van der Waals surface area contributed by atoms with Crippen LogP contribution in [-0.4, -0.2) is 25.9 Å². The number of nitrogens with two attached hydrogens (primary N) is 1. The van der Waals surface area contributed by atoms with Gasteiger partial charge in [0.15, 0.2) is 0 Å². The van der Waals surface area contributed by atoms with E-state index in [1.807, 2.05) is 31.2 Å². The zero-order chi connectivity index (χ0) is 14.1. The maximum Gasteiger partial charge on any atom is 0.249 e. The molecule has 0 radical (unpaired) electrons. The van der Waals surface area contributed by atoms with Crippen molar-refractivity contribution < 1.29 is 4.79 Å². The molecule has 0 aliphatic rings. The zero-order valence-electron chi connectivity index (χ0n) is 10.9. The fourth-order valence-corrected chi connectivity index (χ4v) is 2.20. The second-order valence-corrected chi connectivity index (χ2v) is 4.54. The van der Waals surface area contributed by atoms with Gasteiger partial charge in [-0.3, -0.25) is 9.78 Å². The van der Waals surface area contributed by atoms with Gasteiger partial charge in [-0.1, -0.05) is 11.3 Å². The first-order chi connectivity index (χ1) is 9.66. The topological polar surface area (TPSA) is 86.7 Å². The molecular weight excluding hydrogens is 254 g/mol. The summed E-state index contributed by atoms with van der Waals surface area (Å²) < 4.78 is 1.76. The maximum atomic E-state index is 11.3. The lowest BCUT2D eigenvalue weighted by molar-refractivity contribution is 0.1000. The number of aryl methyl sites for hydroxylation is 1. The molecule has 6 nitrogen and oxygen atoms in total. The molecule has 0 aliphatic carbocycles. The van der Waals surface area contributed by atoms with Crippen LogP contribution in [0.15, 0.2) is 36.5 Å². The number of hydrogen-bond acceptors (Lipinski definition) is 4. The molecule has 2 heterocycles. The molecule has 1 amide bonds. The first-order valence-corrected chi connectivity index (χ1v) is 6.19. The largest absolute Gasteiger partial charge is 0.366 e. The first kappa shape index (κ1) is 12.3. The number of primary amides is 1. The van der Waals surface area contributed by atoms with Gasteiger partial charge in [0.25, 0.3) is 0 Å². The minimum absolute atomic E-state index is 0.455. The fourth-order valence-electron chi connectivity index (χ4n) is 2.20. The van der Waals surface area contributed by atoms with E-state index in [0.29, 0.717) is 17.6 Å². The highest BCUT2D eigenvalue weighted by molar-refractivity contribution is 5.98. The van der Waals surface area contributed by atoms with Crippen LogP contribution < -0.4 is 5.73 Å². The number of rotatable bonds is 3. The quantitative estimate of drug-likeness (QED) is 0.774. The van der Waals surface area contributed by atoms with E-state index in [1.165, 1.54) is 0 Å². The van der Waals surface area contributed by atoms with Crippen LogP contribution in [0.1, 0.15) is 21.6 Å². The summed E-state index contributed by atoms with van der Waals surface area (Å²) in [4.78, 5) is 15.6. The molecule has 1 aromatic carbocycles. The molecule has 0 bridgehead atoms. The Hall–Kier alpha value is -2.76. The summed E-state index contributed by atoms with van der Waals surface area (Å²) in [6.45, 7) is 2.36. The molecule has 0 atom stereocenters. The highest BCUT2D eigenvalue weighted by Gasteiger charge is 2.13. The van der Waals surface area contributed by atoms with Crippen LogP contribution in [0.5, 0.6) is 0 Å². The maximum absolute atomic E-state index is 11.3. The van der Waals surface area contributed by atoms with Crippen LogP contribution in [0.25, 0.3) is 11.0 Å². The molecule has 0 fully saturated rings. The van der Waals surface area contributed by atoms with Gasteiger partial charge in [0.2, 0.25) is 5.91 Å². The number of aromatic nitrogens is 4. The van der Waals surface area contributed by atoms with Crippen molar-refractivity contribution in [2.75, 3.05) is 0 Å². The second kappa shape index (κ2) is 4.73. The summed E-state index contributed by atoms with van der Waals surface area (Å²) in [5, 5.41) is 8.26. The third kappa shape index (κ3) is 2.01. The number of benzene rings is 1. The summed E-state index contributed by atoms with van der Waals surface area (Å²) in [6, 6.07) is 9.24. The van der Waals surface area contributed by atoms with Crippen LogP contribution >= 0.6 is 0 Å². The Balaban J connectivity index is 2.06. The standard InChI is InChI=1S/C14H13N5O/c1-9-11(14(15)20)5-6-12-13(9)17-18-19(12)8-10-4-2-3-7-16-10/h2-7H,8H2,1H3,(H2,15,20). The predicted molar refractivity (Wildman–Crippen MR) is 74.1 cm³/mol. The Morgan fingerprint density at radius 1 is 1.30 bits per heavy atom. The van der Waals surface area contributed by atoms with Gasteiger partial charge in [-0.15, -0.1) is 5.10 Å². The number of carbonyl (C=O) groups excluding carboxylic acids is 1. The Kier molecular flexibility index (Phi) is 2.90. The minimum atomic E-state index is -0.455. The molecule has 0 saturated carbocycles. The van der Waals surface area contributed by atoms with E-state index >= 15 is 0 Å². The number of pyridine rings is 1. The number of nitrogens with zero attached hydrogens (tertiary/aromatic N) is 4. The van der Waals surface area contributed by atoms with E-state index < -0.39 is 5.91 Å². The van der Waals surface area contributed by atoms with Gasteiger partial charge in [0, 0.05) is 11.8 Å². The Labute approximate surface area is 115 Å². The van der Waals surface area contributed by atoms with Crippen LogP contribution in [0.3, 0.4) is 0 Å². The van der Waals surface area contributed by atoms with E-state index in [1.54, 1.807) is 16.9 Å². The monoisotopic (exact) mass is 267 g/mol. The third-order valence-electron chi connectivity index (χ3n) is 3.24. The molecule has 0 unspecified atom stereocenters. The summed E-state index contributed by atoms with van der Waals surface area (Å²) in [6.07, 6.45) is 1.74. The van der Waals surface area contributed by atoms with Crippen LogP contribution in [0.2, 0.25) is 0 Å². The zero-order valence-corrected chi connectivity index (χ0v) is 10.9. The van der Waals surface area contributed by atoms with E-state index in [4.69, 9.17) is 5.73 Å². The number of hydrogen-bond donors (Lipinski definition) is 1. The lowest BCUT2D eigenvalue weighted by Crippen LogP contribution is -2.12. The second-order valence-electron chi connectivity index (χ2n) is 4.54. The van der Waals surface area contributed by atoms with Crippen LogP contribution in [0, 0.1) is 6.92 Å². The summed E-state index contributed by atoms with van der Waals surface area (Å²) in [7, 11) is 0. The van der Waals surface area contributed by atoms with Crippen molar-refractivity contribution >= 4 is 16.9 Å². The minimum Gasteiger partial charge on any atom is -0.366 e. The molecular formula is C14H13N5O. The van der Waals surface area contributed by atoms with Gasteiger partial charge < -0.3 is 5.73 Å². The van der Waals surface area contributed by atoms with Crippen molar-refractivity contribution in [3.05, 3.63) is 53.3 Å². The molecule has 0 saturated heterocycles. The molecule has 0 aliphatic heterocycles. The lowest BCUT2D eigenvalue weighted by Gasteiger charge is -2.04. The van der Waals surface area contributed by atoms with E-state index in [0.717, 1.165) is 16.8 Å². The summed E-state index contributed by atoms with van der Waals surface area (Å²) >= 11 is 0. The molecule has 2 aromatic heterocycles. The lowest BCUT2D eigenvalue weighted by atomic mass is 10.1. The number of carbonyl (C=O) groups is 1. The van der Waals surface area contributed by atoms with Crippen molar-refractivity contribution in [2.45, 2.75) is 13.5 Å². The molecule has 3 aromatic rings. The van der Waals surface area contributed by atoms with E-state index in [9.17, 15) is 4.79 Å². The molecule has 3 rings (SSSR count). The van der Waals surface area contributed by atoms with Crippen LogP contribution in [0.4, 0.5) is 0 Å². The summed E-state index contributed by atoms with van der Waals surface area (Å²) in [5.41, 5.74) is 9.01. The molecule has 100 valence electrons. The van der Waals surface area contributed by atoms with Gasteiger partial charge in [-0.2, -0.15) is 0 Å². The van der Waals surface area contributed by atoms with E-state index in [2.05, 4.69) is 15.3 Å². The molecule has 20 heavy (non-hydrogen) atoms. The fraction of sp³-hybridized carbons (Fsp3) is 0.143. The van der Waals surface area contributed by atoms with Crippen molar-refractivity contribution in [2.24, 2.45) is 5.73 Å². The highest BCUT2D eigenvalue weighted by Crippen LogP contribution is 2.19. The normalized spacial score (nSPS) is 10.8. The first-order valence-electron chi connectivity index (χ1n) is 6.19. The Bertz CT molecular complexity index is 779. The van der Waals surface area contributed by atoms with Gasteiger partial charge in [-0.05, 0) is 36.8 Å². The third-order valence-corrected chi connectivity index (χ3v) is 3.24. The van der Waals surface area contributed by atoms with Gasteiger partial charge in [-0.25, -0.2) is 4.68 Å². The van der Waals surface area contributed by atoms with Crippen LogP contribution in [-0.2, 0) is 6.54 Å². The number of amides is 1. The summed E-state index contributed by atoms with van der Waals surface area (Å²) in [5.74, 6) is -0.455. The molecule has 2 N–H and O–H groups in total. The van der Waals surface area contributed by atoms with Crippen molar-refractivity contribution in [3.63, 3.8) is 0 Å². The van der Waals surface area contributed by atoms with Crippen molar-refractivity contribution in [1.29, 1.82) is 0 Å². The molecule has 0 spiro atoms. The number of fused-ring (bicyclic) bond motifs is 1. The smallest absolute Gasteiger partial charge is 0.249 e. The average molecular weight is 267 g/mol. The Morgan fingerprint density at radius 2 is 2.15 bits per heavy atom. The van der Waals surface area contributed by atoms with Crippen molar-refractivity contribution in [3.8, 4) is 0 Å². The highest BCUT2D eigenvalue weighted by atomic mass is 16.1. The van der Waals surface area contributed by atoms with E-state index in [-0.39, 0.29) is 0 Å². The van der Waals surface area contributed by atoms with Gasteiger partial charge >= 0.3 is 0 Å². The van der Waals surface area contributed by atoms with Gasteiger partial charge in [0.05, 0.1) is 17.8 Å². The molecule has 6 heteroatoms. The average Bonchev–Trinajstić information content (AvgIpc) is 2.84. The SMILES string of the molecule is Cc1c(C(N)=O)ccc2c1nnn2Cc1ccccn1. The Morgan fingerprint density at radius 3 is 2.85 bits per heavy atom. The van der Waals surface area contributed by atoms with Gasteiger partial charge in [0.1, 0.15) is 5.52 Å².